The van der Waals surface area contributed by atoms with Crippen LogP contribution in [-0.2, 0) is 6.54 Å². The van der Waals surface area contributed by atoms with E-state index >= 15 is 0 Å². The number of pyridine rings is 1. The molecule has 3 rings (SSSR count). The SMILES string of the molecule is O=C(NCc1ccccc1OCC1CC1)c1ccc(C(=O)O)nc1. The van der Waals surface area contributed by atoms with Crippen molar-refractivity contribution >= 4 is 11.9 Å². The highest BCUT2D eigenvalue weighted by Gasteiger charge is 2.22. The zero-order chi connectivity index (χ0) is 16.9. The van der Waals surface area contributed by atoms with Crippen molar-refractivity contribution in [3.05, 3.63) is 59.4 Å². The summed E-state index contributed by atoms with van der Waals surface area (Å²) in [4.78, 5) is 26.7. The number of carboxylic acids is 1. The first kappa shape index (κ1) is 16.0. The molecule has 6 heteroatoms. The lowest BCUT2D eigenvalue weighted by atomic mass is 10.2. The Morgan fingerprint density at radius 3 is 2.67 bits per heavy atom. The van der Waals surface area contributed by atoms with Crippen molar-refractivity contribution in [3.8, 4) is 5.75 Å². The van der Waals surface area contributed by atoms with Gasteiger partial charge in [-0.3, -0.25) is 4.79 Å². The molecular formula is C18H18N2O4. The summed E-state index contributed by atoms with van der Waals surface area (Å²) >= 11 is 0. The van der Waals surface area contributed by atoms with Gasteiger partial charge in [0.05, 0.1) is 12.2 Å². The molecule has 0 unspecified atom stereocenters. The fraction of sp³-hybridized carbons (Fsp3) is 0.278. The minimum Gasteiger partial charge on any atom is -0.493 e. The Hall–Kier alpha value is -2.89. The molecule has 0 atom stereocenters. The highest BCUT2D eigenvalue weighted by atomic mass is 16.5. The number of carbonyl (C=O) groups is 2. The van der Waals surface area contributed by atoms with Crippen LogP contribution in [0.5, 0.6) is 5.75 Å². The number of rotatable bonds is 7. The maximum absolute atomic E-state index is 12.1. The van der Waals surface area contributed by atoms with E-state index in [1.807, 2.05) is 24.3 Å². The zero-order valence-corrected chi connectivity index (χ0v) is 13.1. The normalized spacial score (nSPS) is 13.3. The first-order chi connectivity index (χ1) is 11.6. The summed E-state index contributed by atoms with van der Waals surface area (Å²) in [6, 6.07) is 10.4. The highest BCUT2D eigenvalue weighted by molar-refractivity contribution is 5.94. The van der Waals surface area contributed by atoms with Gasteiger partial charge in [0.1, 0.15) is 11.4 Å². The van der Waals surface area contributed by atoms with Crippen molar-refractivity contribution < 1.29 is 19.4 Å². The summed E-state index contributed by atoms with van der Waals surface area (Å²) < 4.78 is 5.81. The molecule has 1 aromatic heterocycles. The van der Waals surface area contributed by atoms with Crippen LogP contribution in [0, 0.1) is 5.92 Å². The van der Waals surface area contributed by atoms with Crippen molar-refractivity contribution in [2.75, 3.05) is 6.61 Å². The average Bonchev–Trinajstić information content (AvgIpc) is 3.43. The smallest absolute Gasteiger partial charge is 0.354 e. The van der Waals surface area contributed by atoms with Crippen LogP contribution in [0.2, 0.25) is 0 Å². The third-order valence-corrected chi connectivity index (χ3v) is 3.83. The van der Waals surface area contributed by atoms with Crippen LogP contribution < -0.4 is 10.1 Å². The summed E-state index contributed by atoms with van der Waals surface area (Å²) in [6.45, 7) is 1.05. The summed E-state index contributed by atoms with van der Waals surface area (Å²) in [7, 11) is 0. The lowest BCUT2D eigenvalue weighted by Crippen LogP contribution is -2.23. The van der Waals surface area contributed by atoms with Gasteiger partial charge in [-0.15, -0.1) is 0 Å². The van der Waals surface area contributed by atoms with Gasteiger partial charge >= 0.3 is 5.97 Å². The van der Waals surface area contributed by atoms with E-state index in [1.54, 1.807) is 0 Å². The maximum Gasteiger partial charge on any atom is 0.354 e. The molecule has 6 nitrogen and oxygen atoms in total. The first-order valence-electron chi connectivity index (χ1n) is 7.82. The molecule has 0 bridgehead atoms. The maximum atomic E-state index is 12.1. The summed E-state index contributed by atoms with van der Waals surface area (Å²) in [5.74, 6) is 0.00986. The van der Waals surface area contributed by atoms with E-state index in [0.29, 0.717) is 24.6 Å². The largest absolute Gasteiger partial charge is 0.493 e. The van der Waals surface area contributed by atoms with E-state index in [2.05, 4.69) is 10.3 Å². The summed E-state index contributed by atoms with van der Waals surface area (Å²) in [5.41, 5.74) is 1.13. The Labute approximate surface area is 139 Å². The van der Waals surface area contributed by atoms with Crippen LogP contribution in [0.1, 0.15) is 39.3 Å². The van der Waals surface area contributed by atoms with E-state index in [4.69, 9.17) is 9.84 Å². The van der Waals surface area contributed by atoms with Crippen LogP contribution in [0.3, 0.4) is 0 Å². The molecular weight excluding hydrogens is 308 g/mol. The van der Waals surface area contributed by atoms with Gasteiger partial charge < -0.3 is 15.2 Å². The molecule has 0 spiro atoms. The molecule has 1 saturated carbocycles. The van der Waals surface area contributed by atoms with Gasteiger partial charge in [0, 0.05) is 18.3 Å². The van der Waals surface area contributed by atoms with Crippen LogP contribution >= 0.6 is 0 Å². The summed E-state index contributed by atoms with van der Waals surface area (Å²) in [5, 5.41) is 11.6. The fourth-order valence-electron chi connectivity index (χ4n) is 2.22. The average molecular weight is 326 g/mol. The molecule has 2 aromatic rings. The van der Waals surface area contributed by atoms with Crippen LogP contribution in [0.25, 0.3) is 0 Å². The predicted molar refractivity (Wildman–Crippen MR) is 87.0 cm³/mol. The molecule has 0 radical (unpaired) electrons. The number of hydrogen-bond donors (Lipinski definition) is 2. The predicted octanol–water partition coefficient (Wildman–Crippen LogP) is 2.50. The van der Waals surface area contributed by atoms with Crippen LogP contribution in [0.15, 0.2) is 42.6 Å². The lowest BCUT2D eigenvalue weighted by Gasteiger charge is -2.12. The number of aromatic nitrogens is 1. The van der Waals surface area contributed by atoms with Gasteiger partial charge in [-0.25, -0.2) is 9.78 Å². The Morgan fingerprint density at radius 1 is 1.21 bits per heavy atom. The lowest BCUT2D eigenvalue weighted by molar-refractivity contribution is 0.0689. The molecule has 1 aliphatic rings. The molecule has 1 fully saturated rings. The summed E-state index contributed by atoms with van der Waals surface area (Å²) in [6.07, 6.45) is 3.70. The van der Waals surface area contributed by atoms with Crippen molar-refractivity contribution in [1.29, 1.82) is 0 Å². The van der Waals surface area contributed by atoms with Gasteiger partial charge in [0.2, 0.25) is 0 Å². The highest BCUT2D eigenvalue weighted by Crippen LogP contribution is 2.30. The quantitative estimate of drug-likeness (QED) is 0.816. The number of para-hydroxylation sites is 1. The zero-order valence-electron chi connectivity index (χ0n) is 13.1. The number of hydrogen-bond acceptors (Lipinski definition) is 4. The molecule has 0 saturated heterocycles. The monoisotopic (exact) mass is 326 g/mol. The number of amides is 1. The Morgan fingerprint density at radius 2 is 2.00 bits per heavy atom. The van der Waals surface area contributed by atoms with Crippen LogP contribution in [-0.4, -0.2) is 28.6 Å². The number of benzene rings is 1. The van der Waals surface area contributed by atoms with E-state index in [0.717, 1.165) is 11.3 Å². The number of nitrogens with zero attached hydrogens (tertiary/aromatic N) is 1. The molecule has 1 amide bonds. The fourth-order valence-corrected chi connectivity index (χ4v) is 2.22. The van der Waals surface area contributed by atoms with Crippen molar-refractivity contribution in [2.24, 2.45) is 5.92 Å². The standard InChI is InChI=1S/C18H18N2O4/c21-17(14-7-8-15(18(22)23)19-10-14)20-9-13-3-1-2-4-16(13)24-11-12-5-6-12/h1-4,7-8,10,12H,5-6,9,11H2,(H,20,21)(H,22,23). The molecule has 1 aromatic carbocycles. The molecule has 24 heavy (non-hydrogen) atoms. The Bertz CT molecular complexity index is 739. The van der Waals surface area contributed by atoms with E-state index in [9.17, 15) is 9.59 Å². The molecule has 2 N–H and O–H groups in total. The Kier molecular flexibility index (Phi) is 4.74. The van der Waals surface area contributed by atoms with Gasteiger partial charge in [0.15, 0.2) is 0 Å². The van der Waals surface area contributed by atoms with Crippen LogP contribution in [0.4, 0.5) is 0 Å². The molecule has 1 aliphatic carbocycles. The van der Waals surface area contributed by atoms with Gasteiger partial charge in [-0.1, -0.05) is 18.2 Å². The van der Waals surface area contributed by atoms with Gasteiger partial charge in [-0.05, 0) is 37.0 Å². The van der Waals surface area contributed by atoms with E-state index < -0.39 is 5.97 Å². The van der Waals surface area contributed by atoms with E-state index in [1.165, 1.54) is 31.2 Å². The van der Waals surface area contributed by atoms with Gasteiger partial charge in [0.25, 0.3) is 5.91 Å². The molecule has 1 heterocycles. The third kappa shape index (κ3) is 4.10. The minimum atomic E-state index is -1.12. The van der Waals surface area contributed by atoms with E-state index in [-0.39, 0.29) is 11.6 Å². The second-order valence-corrected chi connectivity index (χ2v) is 5.78. The third-order valence-electron chi connectivity index (χ3n) is 3.83. The second kappa shape index (κ2) is 7.12. The number of nitrogens with one attached hydrogen (secondary N) is 1. The van der Waals surface area contributed by atoms with Crippen molar-refractivity contribution in [1.82, 2.24) is 10.3 Å². The van der Waals surface area contributed by atoms with Crippen molar-refractivity contribution in [3.63, 3.8) is 0 Å². The minimum absolute atomic E-state index is 0.0922. The first-order valence-corrected chi connectivity index (χ1v) is 7.82. The topological polar surface area (TPSA) is 88.5 Å². The number of ether oxygens (including phenoxy) is 1. The van der Waals surface area contributed by atoms with Crippen molar-refractivity contribution in [2.45, 2.75) is 19.4 Å². The Balaban J connectivity index is 1.60. The number of carbonyl (C=O) groups excluding carboxylic acids is 1. The number of aromatic carboxylic acids is 1. The second-order valence-electron chi connectivity index (χ2n) is 5.78. The number of carboxylic acid groups (broad SMARTS) is 1. The molecule has 0 aliphatic heterocycles. The molecule has 124 valence electrons. The van der Waals surface area contributed by atoms with Gasteiger partial charge in [-0.2, -0.15) is 0 Å².